The van der Waals surface area contributed by atoms with Crippen molar-refractivity contribution in [1.29, 1.82) is 0 Å². The predicted molar refractivity (Wildman–Crippen MR) is 67.1 cm³/mol. The van der Waals surface area contributed by atoms with Crippen LogP contribution < -0.4 is 5.73 Å². The molecule has 1 rings (SSSR count). The lowest BCUT2D eigenvalue weighted by Crippen LogP contribution is -2.41. The summed E-state index contributed by atoms with van der Waals surface area (Å²) in [6, 6.07) is 7.11. The second kappa shape index (κ2) is 5.62. The van der Waals surface area contributed by atoms with Crippen LogP contribution in [0.5, 0.6) is 0 Å². The fraction of sp³-hybridized carbons (Fsp3) is 0.500. The zero-order chi connectivity index (χ0) is 13.1. The van der Waals surface area contributed by atoms with E-state index < -0.39 is 21.3 Å². The molecule has 1 unspecified atom stereocenters. The van der Waals surface area contributed by atoms with Crippen molar-refractivity contribution in [1.82, 2.24) is 0 Å². The number of aliphatic hydroxyl groups excluding tert-OH is 1. The number of sulfone groups is 1. The summed E-state index contributed by atoms with van der Waals surface area (Å²) in [5.41, 5.74) is 4.16. The predicted octanol–water partition coefficient (Wildman–Crippen LogP) is 1.15. The van der Waals surface area contributed by atoms with Crippen molar-refractivity contribution in [2.24, 2.45) is 11.7 Å². The summed E-state index contributed by atoms with van der Waals surface area (Å²) < 4.78 is 24.1. The zero-order valence-corrected chi connectivity index (χ0v) is 10.9. The van der Waals surface area contributed by atoms with Crippen molar-refractivity contribution in [3.8, 4) is 0 Å². The van der Waals surface area contributed by atoms with Gasteiger partial charge < -0.3 is 10.8 Å². The molecule has 17 heavy (non-hydrogen) atoms. The van der Waals surface area contributed by atoms with E-state index >= 15 is 0 Å². The molecule has 1 aromatic rings. The summed E-state index contributed by atoms with van der Waals surface area (Å²) in [5, 5.41) is 9.83. The second-order valence-corrected chi connectivity index (χ2v) is 6.59. The summed E-state index contributed by atoms with van der Waals surface area (Å²) in [7, 11) is -3.75. The highest BCUT2D eigenvalue weighted by Crippen LogP contribution is 2.18. The van der Waals surface area contributed by atoms with E-state index in [9.17, 15) is 13.5 Å². The van der Waals surface area contributed by atoms with Crippen LogP contribution in [0, 0.1) is 5.92 Å². The first-order valence-corrected chi connectivity index (χ1v) is 7.13. The van der Waals surface area contributed by atoms with Crippen LogP contribution in [-0.2, 0) is 9.84 Å². The Balaban J connectivity index is 2.92. The van der Waals surface area contributed by atoms with E-state index in [1.807, 2.05) is 13.8 Å². The number of rotatable bonds is 5. The largest absolute Gasteiger partial charge is 0.375 e. The lowest BCUT2D eigenvalue weighted by molar-refractivity contribution is 0.204. The van der Waals surface area contributed by atoms with E-state index in [0.29, 0.717) is 6.42 Å². The quantitative estimate of drug-likeness (QED) is 0.829. The Morgan fingerprint density at radius 3 is 2.24 bits per heavy atom. The van der Waals surface area contributed by atoms with Gasteiger partial charge in [-0.05, 0) is 24.5 Å². The first kappa shape index (κ1) is 14.2. The van der Waals surface area contributed by atoms with E-state index in [4.69, 9.17) is 5.73 Å². The number of aliphatic hydroxyl groups is 1. The molecule has 0 amide bonds. The highest BCUT2D eigenvalue weighted by molar-refractivity contribution is 7.92. The van der Waals surface area contributed by atoms with Gasteiger partial charge in [-0.15, -0.1) is 0 Å². The van der Waals surface area contributed by atoms with E-state index in [1.165, 1.54) is 12.1 Å². The van der Waals surface area contributed by atoms with Gasteiger partial charge in [0.05, 0.1) is 4.90 Å². The van der Waals surface area contributed by atoms with Crippen LogP contribution in [0.15, 0.2) is 35.2 Å². The van der Waals surface area contributed by atoms with Gasteiger partial charge in [-0.2, -0.15) is 0 Å². The molecule has 2 atom stereocenters. The van der Waals surface area contributed by atoms with E-state index in [0.717, 1.165) is 0 Å². The SMILES string of the molecule is CC(C)C[C@@H](N)C(O)S(=O)(=O)c1ccccc1. The van der Waals surface area contributed by atoms with Crippen molar-refractivity contribution >= 4 is 9.84 Å². The van der Waals surface area contributed by atoms with Gasteiger partial charge in [0, 0.05) is 6.04 Å². The Kier molecular flexibility index (Phi) is 4.68. The van der Waals surface area contributed by atoms with Crippen LogP contribution in [0.4, 0.5) is 0 Å². The fourth-order valence-electron chi connectivity index (χ4n) is 1.64. The normalized spacial score (nSPS) is 15.8. The molecule has 0 fully saturated rings. The van der Waals surface area contributed by atoms with Crippen LogP contribution in [0.1, 0.15) is 20.3 Å². The fourth-order valence-corrected chi connectivity index (χ4v) is 3.03. The third kappa shape index (κ3) is 3.52. The maximum absolute atomic E-state index is 12.0. The summed E-state index contributed by atoms with van der Waals surface area (Å²) in [4.78, 5) is 0.103. The summed E-state index contributed by atoms with van der Waals surface area (Å²) in [6.07, 6.45) is 0.466. The van der Waals surface area contributed by atoms with Gasteiger partial charge in [0.15, 0.2) is 5.44 Å². The molecule has 0 aliphatic heterocycles. The molecule has 0 saturated carbocycles. The molecule has 0 spiro atoms. The molecule has 0 saturated heterocycles. The van der Waals surface area contributed by atoms with Crippen molar-refractivity contribution in [3.05, 3.63) is 30.3 Å². The molecule has 0 radical (unpaired) electrons. The van der Waals surface area contributed by atoms with Gasteiger partial charge in [-0.3, -0.25) is 0 Å². The highest BCUT2D eigenvalue weighted by Gasteiger charge is 2.30. The lowest BCUT2D eigenvalue weighted by Gasteiger charge is -2.20. The maximum Gasteiger partial charge on any atom is 0.206 e. The number of benzene rings is 1. The topological polar surface area (TPSA) is 80.4 Å². The van der Waals surface area contributed by atoms with Crippen molar-refractivity contribution < 1.29 is 13.5 Å². The minimum atomic E-state index is -3.75. The standard InChI is InChI=1S/C12H19NO3S/c1-9(2)8-11(13)12(14)17(15,16)10-6-4-3-5-7-10/h3-7,9,11-12,14H,8,13H2,1-2H3/t11-,12?/m1/s1. The van der Waals surface area contributed by atoms with Gasteiger partial charge in [0.1, 0.15) is 0 Å². The Bertz CT molecular complexity index is 442. The van der Waals surface area contributed by atoms with Gasteiger partial charge in [0.25, 0.3) is 0 Å². The van der Waals surface area contributed by atoms with E-state index in [1.54, 1.807) is 18.2 Å². The molecule has 1 aromatic carbocycles. The summed E-state index contributed by atoms with van der Waals surface area (Å²) in [6.45, 7) is 3.86. The Morgan fingerprint density at radius 1 is 1.24 bits per heavy atom. The molecule has 4 nitrogen and oxygen atoms in total. The minimum absolute atomic E-state index is 0.103. The lowest BCUT2D eigenvalue weighted by atomic mass is 10.1. The van der Waals surface area contributed by atoms with Gasteiger partial charge in [-0.25, -0.2) is 8.42 Å². The van der Waals surface area contributed by atoms with Crippen molar-refractivity contribution in [2.45, 2.75) is 36.6 Å². The summed E-state index contributed by atoms with van der Waals surface area (Å²) >= 11 is 0. The molecular weight excluding hydrogens is 238 g/mol. The first-order valence-electron chi connectivity index (χ1n) is 5.58. The van der Waals surface area contributed by atoms with Crippen molar-refractivity contribution in [2.75, 3.05) is 0 Å². The van der Waals surface area contributed by atoms with Gasteiger partial charge in [-0.1, -0.05) is 32.0 Å². The molecule has 0 aliphatic rings. The van der Waals surface area contributed by atoms with Gasteiger partial charge >= 0.3 is 0 Å². The van der Waals surface area contributed by atoms with Crippen LogP contribution in [0.25, 0.3) is 0 Å². The highest BCUT2D eigenvalue weighted by atomic mass is 32.2. The Morgan fingerprint density at radius 2 is 1.76 bits per heavy atom. The van der Waals surface area contributed by atoms with Crippen LogP contribution in [0.3, 0.4) is 0 Å². The molecule has 0 heterocycles. The first-order chi connectivity index (χ1) is 7.85. The van der Waals surface area contributed by atoms with Crippen LogP contribution >= 0.6 is 0 Å². The monoisotopic (exact) mass is 257 g/mol. The Labute approximate surface area is 102 Å². The molecule has 0 aromatic heterocycles. The number of hydrogen-bond donors (Lipinski definition) is 2. The number of hydrogen-bond acceptors (Lipinski definition) is 4. The zero-order valence-electron chi connectivity index (χ0n) is 10.1. The van der Waals surface area contributed by atoms with Gasteiger partial charge in [0.2, 0.25) is 9.84 Å². The summed E-state index contributed by atoms with van der Waals surface area (Å²) in [5.74, 6) is 0.241. The minimum Gasteiger partial charge on any atom is -0.375 e. The number of nitrogens with two attached hydrogens (primary N) is 1. The molecular formula is C12H19NO3S. The molecule has 5 heteroatoms. The average molecular weight is 257 g/mol. The molecule has 0 aliphatic carbocycles. The maximum atomic E-state index is 12.0. The third-order valence-corrected chi connectivity index (χ3v) is 4.41. The molecule has 96 valence electrons. The Hall–Kier alpha value is -0.910. The smallest absolute Gasteiger partial charge is 0.206 e. The van der Waals surface area contributed by atoms with Crippen LogP contribution in [-0.4, -0.2) is 25.0 Å². The van der Waals surface area contributed by atoms with E-state index in [-0.39, 0.29) is 10.8 Å². The second-order valence-electron chi connectivity index (χ2n) is 4.54. The van der Waals surface area contributed by atoms with Crippen LogP contribution in [0.2, 0.25) is 0 Å². The molecule has 3 N–H and O–H groups in total. The third-order valence-electron chi connectivity index (χ3n) is 2.50. The van der Waals surface area contributed by atoms with E-state index in [2.05, 4.69) is 0 Å². The molecule has 0 bridgehead atoms. The average Bonchev–Trinajstić information content (AvgIpc) is 2.28. The van der Waals surface area contributed by atoms with Crippen molar-refractivity contribution in [3.63, 3.8) is 0 Å².